The highest BCUT2D eigenvalue weighted by Crippen LogP contribution is 2.12. The van der Waals surface area contributed by atoms with Crippen LogP contribution in [-0.2, 0) is 18.2 Å². The first-order chi connectivity index (χ1) is 12.8. The normalized spacial score (nSPS) is 12.2. The van der Waals surface area contributed by atoms with Gasteiger partial charge in [0.25, 0.3) is 0 Å². The molecule has 0 saturated carbocycles. The Balaban J connectivity index is 0.00000784. The minimum Gasteiger partial charge on any atom is -0.444 e. The van der Waals surface area contributed by atoms with Gasteiger partial charge in [-0.15, -0.1) is 24.0 Å². The average molecular weight is 522 g/mol. The van der Waals surface area contributed by atoms with Crippen molar-refractivity contribution in [3.8, 4) is 0 Å². The highest BCUT2D eigenvalue weighted by molar-refractivity contribution is 14.0. The summed E-state index contributed by atoms with van der Waals surface area (Å²) in [5.74, 6) is 0.723. The number of guanidine groups is 1. The van der Waals surface area contributed by atoms with Crippen LogP contribution >= 0.6 is 24.0 Å². The standard InChI is InChI=1S/C20H38N6O2.HI/c1-10-21-17(22-12-11-16-14(2)25-26(9)15(16)3)23-13-20(7,8)24-18(27)28-19(4,5)6;/h10-13H2,1-9H3,(H,24,27)(H2,21,22,23);1H. The number of nitrogens with zero attached hydrogens (tertiary/aromatic N) is 3. The van der Waals surface area contributed by atoms with Gasteiger partial charge in [-0.2, -0.15) is 5.10 Å². The van der Waals surface area contributed by atoms with E-state index in [0.717, 1.165) is 31.2 Å². The van der Waals surface area contributed by atoms with Crippen molar-refractivity contribution in [2.24, 2.45) is 12.0 Å². The van der Waals surface area contributed by atoms with E-state index in [-0.39, 0.29) is 24.0 Å². The summed E-state index contributed by atoms with van der Waals surface area (Å²) in [6.07, 6.45) is 0.434. The molecule has 29 heavy (non-hydrogen) atoms. The number of ether oxygens (including phenoxy) is 1. The van der Waals surface area contributed by atoms with Gasteiger partial charge in [-0.25, -0.2) is 4.79 Å². The Morgan fingerprint density at radius 2 is 1.79 bits per heavy atom. The first kappa shape index (κ1) is 27.5. The van der Waals surface area contributed by atoms with Crippen molar-refractivity contribution in [3.05, 3.63) is 17.0 Å². The van der Waals surface area contributed by atoms with Gasteiger partial charge in [0.1, 0.15) is 5.60 Å². The molecule has 0 radical (unpaired) electrons. The number of amides is 1. The van der Waals surface area contributed by atoms with Crippen LogP contribution in [0.25, 0.3) is 0 Å². The Kier molecular flexibility index (Phi) is 11.0. The molecule has 0 unspecified atom stereocenters. The van der Waals surface area contributed by atoms with Crippen LogP contribution in [0.15, 0.2) is 4.99 Å². The van der Waals surface area contributed by atoms with Gasteiger partial charge < -0.3 is 20.7 Å². The number of carbonyl (C=O) groups is 1. The van der Waals surface area contributed by atoms with Crippen LogP contribution in [0.1, 0.15) is 58.5 Å². The van der Waals surface area contributed by atoms with Gasteiger partial charge in [-0.3, -0.25) is 9.67 Å². The number of rotatable bonds is 7. The van der Waals surface area contributed by atoms with Gasteiger partial charge in [-0.05, 0) is 67.4 Å². The molecule has 0 spiro atoms. The Morgan fingerprint density at radius 1 is 1.17 bits per heavy atom. The molecule has 1 rings (SSSR count). The Morgan fingerprint density at radius 3 is 2.28 bits per heavy atom. The molecule has 0 aliphatic carbocycles. The number of hydrogen-bond donors (Lipinski definition) is 3. The van der Waals surface area contributed by atoms with E-state index in [1.165, 1.54) is 11.3 Å². The fourth-order valence-corrected chi connectivity index (χ4v) is 2.72. The maximum atomic E-state index is 12.0. The minimum absolute atomic E-state index is 0. The maximum Gasteiger partial charge on any atom is 0.408 e. The SMILES string of the molecule is CCNC(=NCC(C)(C)NC(=O)OC(C)(C)C)NCCc1c(C)nn(C)c1C.I. The zero-order valence-corrected chi connectivity index (χ0v) is 21.7. The van der Waals surface area contributed by atoms with E-state index in [1.54, 1.807) is 0 Å². The van der Waals surface area contributed by atoms with Crippen molar-refractivity contribution in [1.82, 2.24) is 25.7 Å². The van der Waals surface area contributed by atoms with E-state index in [9.17, 15) is 4.79 Å². The molecule has 1 aromatic rings. The van der Waals surface area contributed by atoms with E-state index < -0.39 is 17.2 Å². The lowest BCUT2D eigenvalue weighted by Crippen LogP contribution is -2.49. The second-order valence-electron chi connectivity index (χ2n) is 8.66. The second kappa shape index (κ2) is 11.6. The largest absolute Gasteiger partial charge is 0.444 e. The van der Waals surface area contributed by atoms with Crippen LogP contribution in [0.3, 0.4) is 0 Å². The molecule has 168 valence electrons. The van der Waals surface area contributed by atoms with Crippen molar-refractivity contribution >= 4 is 36.0 Å². The highest BCUT2D eigenvalue weighted by Gasteiger charge is 2.24. The van der Waals surface area contributed by atoms with E-state index >= 15 is 0 Å². The molecule has 8 nitrogen and oxygen atoms in total. The van der Waals surface area contributed by atoms with Crippen LogP contribution in [-0.4, -0.2) is 52.6 Å². The third-order valence-corrected chi connectivity index (χ3v) is 4.14. The minimum atomic E-state index is -0.527. The fourth-order valence-electron chi connectivity index (χ4n) is 2.72. The monoisotopic (exact) mass is 522 g/mol. The smallest absolute Gasteiger partial charge is 0.408 e. The van der Waals surface area contributed by atoms with E-state index in [2.05, 4.69) is 33.0 Å². The third kappa shape index (κ3) is 10.2. The first-order valence-electron chi connectivity index (χ1n) is 9.87. The van der Waals surface area contributed by atoms with Gasteiger partial charge in [0.15, 0.2) is 5.96 Å². The highest BCUT2D eigenvalue weighted by atomic mass is 127. The molecule has 3 N–H and O–H groups in total. The summed E-state index contributed by atoms with van der Waals surface area (Å²) in [5.41, 5.74) is 2.46. The predicted molar refractivity (Wildman–Crippen MR) is 129 cm³/mol. The molecule has 1 heterocycles. The van der Waals surface area contributed by atoms with Gasteiger partial charge in [0, 0.05) is 25.8 Å². The molecule has 0 bridgehead atoms. The average Bonchev–Trinajstić information content (AvgIpc) is 2.76. The summed E-state index contributed by atoms with van der Waals surface area (Å²) >= 11 is 0. The zero-order valence-electron chi connectivity index (χ0n) is 19.4. The maximum absolute atomic E-state index is 12.0. The topological polar surface area (TPSA) is 92.6 Å². The molecule has 0 aromatic carbocycles. The van der Waals surface area contributed by atoms with Crippen LogP contribution in [0.5, 0.6) is 0 Å². The lowest BCUT2D eigenvalue weighted by molar-refractivity contribution is 0.0476. The lowest BCUT2D eigenvalue weighted by atomic mass is 10.1. The predicted octanol–water partition coefficient (Wildman–Crippen LogP) is 3.06. The molecule has 0 aliphatic rings. The summed E-state index contributed by atoms with van der Waals surface area (Å²) < 4.78 is 7.24. The summed E-state index contributed by atoms with van der Waals surface area (Å²) in [7, 11) is 1.96. The number of nitrogens with one attached hydrogen (secondary N) is 3. The first-order valence-corrected chi connectivity index (χ1v) is 9.87. The summed E-state index contributed by atoms with van der Waals surface area (Å²) in [6, 6.07) is 0. The number of alkyl carbamates (subject to hydrolysis) is 1. The number of halogens is 1. The third-order valence-electron chi connectivity index (χ3n) is 4.14. The molecule has 1 amide bonds. The zero-order chi connectivity index (χ0) is 21.5. The van der Waals surface area contributed by atoms with Crippen molar-refractivity contribution in [1.29, 1.82) is 0 Å². The van der Waals surface area contributed by atoms with E-state index in [1.807, 2.05) is 60.2 Å². The van der Waals surface area contributed by atoms with E-state index in [4.69, 9.17) is 4.74 Å². The second-order valence-corrected chi connectivity index (χ2v) is 8.66. The van der Waals surface area contributed by atoms with Crippen molar-refractivity contribution in [3.63, 3.8) is 0 Å². The van der Waals surface area contributed by atoms with Crippen molar-refractivity contribution in [2.45, 2.75) is 73.0 Å². The number of aliphatic imine (C=N–C) groups is 1. The molecule has 0 aliphatic heterocycles. The van der Waals surface area contributed by atoms with Gasteiger partial charge in [-0.1, -0.05) is 0 Å². The Labute approximate surface area is 192 Å². The molecule has 1 aromatic heterocycles. The van der Waals surface area contributed by atoms with Crippen LogP contribution < -0.4 is 16.0 Å². The van der Waals surface area contributed by atoms with Crippen LogP contribution in [0, 0.1) is 13.8 Å². The number of aromatic nitrogens is 2. The van der Waals surface area contributed by atoms with Crippen LogP contribution in [0.4, 0.5) is 4.79 Å². The van der Waals surface area contributed by atoms with E-state index in [0.29, 0.717) is 6.54 Å². The number of aryl methyl sites for hydroxylation is 2. The van der Waals surface area contributed by atoms with Gasteiger partial charge in [0.2, 0.25) is 0 Å². The summed E-state index contributed by atoms with van der Waals surface area (Å²) in [6.45, 7) is 17.5. The Hall–Kier alpha value is -1.52. The molecule has 0 saturated heterocycles. The molecular formula is C20H39IN6O2. The van der Waals surface area contributed by atoms with Crippen molar-refractivity contribution < 1.29 is 9.53 Å². The molecular weight excluding hydrogens is 483 g/mol. The van der Waals surface area contributed by atoms with Crippen LogP contribution in [0.2, 0.25) is 0 Å². The molecule has 9 heteroatoms. The molecule has 0 atom stereocenters. The quantitative estimate of drug-likeness (QED) is 0.291. The van der Waals surface area contributed by atoms with Gasteiger partial charge in [0.05, 0.1) is 17.8 Å². The summed E-state index contributed by atoms with van der Waals surface area (Å²) in [4.78, 5) is 16.6. The molecule has 0 fully saturated rings. The van der Waals surface area contributed by atoms with Crippen molar-refractivity contribution in [2.75, 3.05) is 19.6 Å². The summed E-state index contributed by atoms with van der Waals surface area (Å²) in [5, 5.41) is 13.9. The number of carbonyl (C=O) groups excluding carboxylic acids is 1. The lowest BCUT2D eigenvalue weighted by Gasteiger charge is -2.27. The number of hydrogen-bond acceptors (Lipinski definition) is 4. The fraction of sp³-hybridized carbons (Fsp3) is 0.750. The Bertz CT molecular complexity index is 692. The van der Waals surface area contributed by atoms with Gasteiger partial charge >= 0.3 is 6.09 Å².